The van der Waals surface area contributed by atoms with E-state index in [-0.39, 0.29) is 5.54 Å². The van der Waals surface area contributed by atoms with E-state index in [4.69, 9.17) is 4.98 Å². The van der Waals surface area contributed by atoms with E-state index in [1.807, 2.05) is 11.3 Å². The zero-order valence-corrected chi connectivity index (χ0v) is 15.9. The third-order valence-electron chi connectivity index (χ3n) is 3.28. The summed E-state index contributed by atoms with van der Waals surface area (Å²) < 4.78 is 0. The maximum Gasteiger partial charge on any atom is 0.185 e. The van der Waals surface area contributed by atoms with Crippen molar-refractivity contribution >= 4 is 16.5 Å². The van der Waals surface area contributed by atoms with Crippen molar-refractivity contribution < 1.29 is 0 Å². The third-order valence-corrected chi connectivity index (χ3v) is 4.41. The molecule has 4 heteroatoms. The molecular weight excluding hydrogens is 278 g/mol. The van der Waals surface area contributed by atoms with Crippen LogP contribution in [0.25, 0.3) is 0 Å². The minimum Gasteiger partial charge on any atom is -0.348 e. The van der Waals surface area contributed by atoms with E-state index in [2.05, 4.69) is 65.6 Å². The van der Waals surface area contributed by atoms with Gasteiger partial charge in [0.1, 0.15) is 0 Å². The zero-order valence-electron chi connectivity index (χ0n) is 15.1. The summed E-state index contributed by atoms with van der Waals surface area (Å²) in [7, 11) is 0. The molecule has 0 amide bonds. The van der Waals surface area contributed by atoms with Gasteiger partial charge in [-0.2, -0.15) is 0 Å². The number of hydrogen-bond donors (Lipinski definition) is 1. The molecule has 1 rings (SSSR count). The highest BCUT2D eigenvalue weighted by atomic mass is 32.1. The van der Waals surface area contributed by atoms with E-state index in [1.54, 1.807) is 0 Å². The number of nitrogens with zero attached hydrogens (tertiary/aromatic N) is 2. The Bertz CT molecular complexity index is 430. The Labute approximate surface area is 135 Å². The molecule has 21 heavy (non-hydrogen) atoms. The van der Waals surface area contributed by atoms with Gasteiger partial charge in [0, 0.05) is 30.1 Å². The van der Waals surface area contributed by atoms with E-state index in [0.717, 1.165) is 19.6 Å². The van der Waals surface area contributed by atoms with Gasteiger partial charge in [-0.1, -0.05) is 27.7 Å². The van der Waals surface area contributed by atoms with E-state index < -0.39 is 0 Å². The Kier molecular flexibility index (Phi) is 6.67. The standard InChI is InChI=1S/C17H33N3S/c1-9-20(11-12(2)3)16-19-15(13(4)5)14(21-16)10-18-17(6,7)8/h12-13,18H,9-11H2,1-8H3. The van der Waals surface area contributed by atoms with E-state index in [9.17, 15) is 0 Å². The molecule has 1 N–H and O–H groups in total. The Hall–Kier alpha value is -0.610. The molecule has 0 fully saturated rings. The lowest BCUT2D eigenvalue weighted by molar-refractivity contribution is 0.425. The number of rotatable bonds is 7. The summed E-state index contributed by atoms with van der Waals surface area (Å²) in [5.74, 6) is 1.14. The lowest BCUT2D eigenvalue weighted by atomic mass is 10.1. The molecule has 0 spiro atoms. The van der Waals surface area contributed by atoms with Crippen LogP contribution in [-0.4, -0.2) is 23.6 Å². The zero-order chi connectivity index (χ0) is 16.2. The summed E-state index contributed by atoms with van der Waals surface area (Å²) in [5, 5.41) is 4.78. The molecule has 3 nitrogen and oxygen atoms in total. The molecule has 1 aromatic rings. The van der Waals surface area contributed by atoms with Gasteiger partial charge in [-0.3, -0.25) is 0 Å². The monoisotopic (exact) mass is 311 g/mol. The highest BCUT2D eigenvalue weighted by Crippen LogP contribution is 2.31. The first-order chi connectivity index (χ1) is 9.64. The van der Waals surface area contributed by atoms with Gasteiger partial charge in [-0.15, -0.1) is 11.3 Å². The minimum absolute atomic E-state index is 0.140. The lowest BCUT2D eigenvalue weighted by Crippen LogP contribution is -2.35. The molecule has 0 aliphatic carbocycles. The fraction of sp³-hybridized carbons (Fsp3) is 0.824. The summed E-state index contributed by atoms with van der Waals surface area (Å²) in [6.07, 6.45) is 0. The highest BCUT2D eigenvalue weighted by Gasteiger charge is 2.19. The fourth-order valence-electron chi connectivity index (χ4n) is 2.19. The second-order valence-electron chi connectivity index (χ2n) is 7.50. The van der Waals surface area contributed by atoms with Crippen LogP contribution in [0.3, 0.4) is 0 Å². The average Bonchev–Trinajstić information content (AvgIpc) is 2.76. The first kappa shape index (κ1) is 18.4. The van der Waals surface area contributed by atoms with Crippen LogP contribution in [0.4, 0.5) is 5.13 Å². The topological polar surface area (TPSA) is 28.2 Å². The van der Waals surface area contributed by atoms with Crippen LogP contribution in [-0.2, 0) is 6.54 Å². The van der Waals surface area contributed by atoms with Crippen LogP contribution < -0.4 is 10.2 Å². The molecule has 1 heterocycles. The van der Waals surface area contributed by atoms with Crippen LogP contribution in [0, 0.1) is 5.92 Å². The van der Waals surface area contributed by atoms with Crippen LogP contribution in [0.2, 0.25) is 0 Å². The molecule has 0 aliphatic heterocycles. The second-order valence-corrected chi connectivity index (χ2v) is 8.56. The van der Waals surface area contributed by atoms with Crippen molar-refractivity contribution in [2.45, 2.75) is 73.4 Å². The van der Waals surface area contributed by atoms with Crippen molar-refractivity contribution in [3.8, 4) is 0 Å². The summed E-state index contributed by atoms with van der Waals surface area (Å²) in [6, 6.07) is 0. The molecular formula is C17H33N3S. The van der Waals surface area contributed by atoms with Gasteiger partial charge in [0.25, 0.3) is 0 Å². The van der Waals surface area contributed by atoms with Crippen LogP contribution in [0.1, 0.15) is 71.9 Å². The first-order valence-electron chi connectivity index (χ1n) is 8.13. The molecule has 0 saturated heterocycles. The third kappa shape index (κ3) is 5.95. The Morgan fingerprint density at radius 2 is 1.81 bits per heavy atom. The number of nitrogens with one attached hydrogen (secondary N) is 1. The predicted octanol–water partition coefficient (Wildman–Crippen LogP) is 4.64. The largest absolute Gasteiger partial charge is 0.348 e. The molecule has 1 aromatic heterocycles. The smallest absolute Gasteiger partial charge is 0.185 e. The van der Waals surface area contributed by atoms with Gasteiger partial charge >= 0.3 is 0 Å². The summed E-state index contributed by atoms with van der Waals surface area (Å²) >= 11 is 1.86. The van der Waals surface area contributed by atoms with Gasteiger partial charge in [0.15, 0.2) is 5.13 Å². The summed E-state index contributed by atoms with van der Waals surface area (Å²) in [6.45, 7) is 20.9. The van der Waals surface area contributed by atoms with Crippen molar-refractivity contribution in [3.63, 3.8) is 0 Å². The van der Waals surface area contributed by atoms with E-state index in [0.29, 0.717) is 11.8 Å². The minimum atomic E-state index is 0.140. The lowest BCUT2D eigenvalue weighted by Gasteiger charge is -2.22. The maximum absolute atomic E-state index is 4.94. The Morgan fingerprint density at radius 1 is 1.19 bits per heavy atom. The molecule has 0 aromatic carbocycles. The normalized spacial score (nSPS) is 12.5. The van der Waals surface area contributed by atoms with E-state index >= 15 is 0 Å². The van der Waals surface area contributed by atoms with Crippen LogP contribution in [0.5, 0.6) is 0 Å². The predicted molar refractivity (Wildman–Crippen MR) is 95.5 cm³/mol. The van der Waals surface area contributed by atoms with E-state index in [1.165, 1.54) is 15.7 Å². The van der Waals surface area contributed by atoms with Crippen LogP contribution >= 0.6 is 11.3 Å². The van der Waals surface area contributed by atoms with Crippen molar-refractivity contribution in [2.75, 3.05) is 18.0 Å². The van der Waals surface area contributed by atoms with Crippen molar-refractivity contribution in [2.24, 2.45) is 5.92 Å². The van der Waals surface area contributed by atoms with Gasteiger partial charge in [0.2, 0.25) is 0 Å². The molecule has 0 unspecified atom stereocenters. The first-order valence-corrected chi connectivity index (χ1v) is 8.95. The van der Waals surface area contributed by atoms with Crippen molar-refractivity contribution in [3.05, 3.63) is 10.6 Å². The molecule has 0 atom stereocenters. The summed E-state index contributed by atoms with van der Waals surface area (Å²) in [4.78, 5) is 8.73. The molecule has 0 bridgehead atoms. The van der Waals surface area contributed by atoms with Crippen LogP contribution in [0.15, 0.2) is 0 Å². The Morgan fingerprint density at radius 3 is 2.24 bits per heavy atom. The second kappa shape index (κ2) is 7.59. The number of thiazole rings is 1. The number of hydrogen-bond acceptors (Lipinski definition) is 4. The van der Waals surface area contributed by atoms with Gasteiger partial charge in [-0.05, 0) is 39.5 Å². The SMILES string of the molecule is CCN(CC(C)C)c1nc(C(C)C)c(CNC(C)(C)C)s1. The maximum atomic E-state index is 4.94. The molecule has 0 aliphatic rings. The Balaban J connectivity index is 2.97. The van der Waals surface area contributed by atoms with Crippen molar-refractivity contribution in [1.29, 1.82) is 0 Å². The molecule has 0 radical (unpaired) electrons. The summed E-state index contributed by atoms with van der Waals surface area (Å²) in [5.41, 5.74) is 1.40. The van der Waals surface area contributed by atoms with Gasteiger partial charge in [0.05, 0.1) is 5.69 Å². The molecule has 122 valence electrons. The fourth-order valence-corrected chi connectivity index (χ4v) is 3.42. The molecule has 0 saturated carbocycles. The highest BCUT2D eigenvalue weighted by molar-refractivity contribution is 7.15. The number of aromatic nitrogens is 1. The number of anilines is 1. The van der Waals surface area contributed by atoms with Crippen molar-refractivity contribution in [1.82, 2.24) is 10.3 Å². The van der Waals surface area contributed by atoms with Gasteiger partial charge in [-0.25, -0.2) is 4.98 Å². The quantitative estimate of drug-likeness (QED) is 0.795. The van der Waals surface area contributed by atoms with Gasteiger partial charge < -0.3 is 10.2 Å². The average molecular weight is 312 g/mol.